The minimum Gasteiger partial charge on any atom is -0.462 e. The smallest absolute Gasteiger partial charge is 0.306 e. The molecule has 0 fully saturated rings. The third-order valence-corrected chi connectivity index (χ3v) is 11.2. The van der Waals surface area contributed by atoms with E-state index in [1.165, 1.54) is 77.0 Å². The fraction of sp³-hybridized carbons (Fsp3) is 0.707. The summed E-state index contributed by atoms with van der Waals surface area (Å²) < 4.78 is 16.8. The van der Waals surface area contributed by atoms with E-state index >= 15 is 0 Å². The molecule has 6 heteroatoms. The van der Waals surface area contributed by atoms with E-state index in [0.29, 0.717) is 19.3 Å². The highest BCUT2D eigenvalue weighted by atomic mass is 16.6. The molecule has 0 rings (SSSR count). The molecule has 0 heterocycles. The van der Waals surface area contributed by atoms with E-state index < -0.39 is 6.10 Å². The Balaban J connectivity index is 4.45. The summed E-state index contributed by atoms with van der Waals surface area (Å²) in [6.07, 6.45) is 67.0. The van der Waals surface area contributed by atoms with Gasteiger partial charge in [0.2, 0.25) is 0 Å². The molecule has 0 aliphatic rings. The van der Waals surface area contributed by atoms with E-state index in [0.717, 1.165) is 128 Å². The van der Waals surface area contributed by atoms with Crippen molar-refractivity contribution >= 4 is 17.9 Å². The molecule has 0 bridgehead atoms. The van der Waals surface area contributed by atoms with Crippen LogP contribution in [0.25, 0.3) is 0 Å². The van der Waals surface area contributed by atoms with Crippen molar-refractivity contribution in [1.82, 2.24) is 0 Å². The molecule has 1 atom stereocenters. The first-order chi connectivity index (χ1) is 31.5. The zero-order chi connectivity index (χ0) is 46.5. The van der Waals surface area contributed by atoms with Crippen molar-refractivity contribution < 1.29 is 28.6 Å². The largest absolute Gasteiger partial charge is 0.462 e. The highest BCUT2D eigenvalue weighted by Gasteiger charge is 2.19. The molecule has 0 aromatic heterocycles. The minimum atomic E-state index is -0.796. The average Bonchev–Trinajstić information content (AvgIpc) is 3.29. The molecule has 6 nitrogen and oxygen atoms in total. The zero-order valence-electron chi connectivity index (χ0n) is 41.8. The lowest BCUT2D eigenvalue weighted by molar-refractivity contribution is -0.167. The van der Waals surface area contributed by atoms with Crippen LogP contribution in [0.15, 0.2) is 85.1 Å². The molecule has 0 saturated heterocycles. The Morgan fingerprint density at radius 3 is 1.12 bits per heavy atom. The van der Waals surface area contributed by atoms with E-state index in [2.05, 4.69) is 106 Å². The van der Waals surface area contributed by atoms with Crippen molar-refractivity contribution in [3.63, 3.8) is 0 Å². The number of hydrogen-bond donors (Lipinski definition) is 0. The molecule has 0 aliphatic carbocycles. The Bertz CT molecular complexity index is 1250. The van der Waals surface area contributed by atoms with E-state index in [9.17, 15) is 14.4 Å². The molecule has 0 spiro atoms. The van der Waals surface area contributed by atoms with Crippen LogP contribution in [0.1, 0.15) is 245 Å². The van der Waals surface area contributed by atoms with Crippen molar-refractivity contribution in [2.24, 2.45) is 0 Å². The van der Waals surface area contributed by atoms with Crippen LogP contribution in [0.4, 0.5) is 0 Å². The molecule has 0 saturated carbocycles. The lowest BCUT2D eigenvalue weighted by Gasteiger charge is -2.18. The Hall–Kier alpha value is -3.41. The normalized spacial score (nSPS) is 12.7. The molecule has 0 amide bonds. The standard InChI is InChI=1S/C58H98O6/c1-4-7-10-13-16-19-22-25-27-29-30-32-33-36-39-42-45-48-51-57(60)63-54-55(53-62-56(59)50-47-44-41-38-35-24-21-18-15-12-9-6-3)64-58(61)52-49-46-43-40-37-34-31-28-26-23-20-17-14-11-8-5-2/h9,12,16,18-19,21-22,25,27-32,55H,4-8,10-11,13-15,17,20,23-24,26,33-54H2,1-3H3/b12-9-,19-16-,21-18-,25-22-,29-27-,31-28-,32-30-. The molecule has 0 aromatic carbocycles. The Morgan fingerprint density at radius 2 is 0.672 bits per heavy atom. The maximum absolute atomic E-state index is 12.8. The van der Waals surface area contributed by atoms with Gasteiger partial charge in [0.15, 0.2) is 6.10 Å². The number of ether oxygens (including phenoxy) is 3. The molecule has 0 radical (unpaired) electrons. The first kappa shape index (κ1) is 60.6. The molecule has 0 aromatic rings. The molecule has 1 unspecified atom stereocenters. The molecule has 0 N–H and O–H groups in total. The Kier molecular flexibility index (Phi) is 49.4. The fourth-order valence-electron chi connectivity index (χ4n) is 7.19. The van der Waals surface area contributed by atoms with E-state index in [1.54, 1.807) is 0 Å². The van der Waals surface area contributed by atoms with Crippen LogP contribution >= 0.6 is 0 Å². The summed E-state index contributed by atoms with van der Waals surface area (Å²) in [5.41, 5.74) is 0. The van der Waals surface area contributed by atoms with E-state index in [1.807, 2.05) is 0 Å². The average molecular weight is 891 g/mol. The van der Waals surface area contributed by atoms with E-state index in [-0.39, 0.29) is 31.1 Å². The number of carbonyl (C=O) groups is 3. The quantitative estimate of drug-likeness (QED) is 0.0199. The first-order valence-corrected chi connectivity index (χ1v) is 26.6. The molecular weight excluding hydrogens is 793 g/mol. The first-order valence-electron chi connectivity index (χ1n) is 26.6. The number of allylic oxidation sites excluding steroid dienone is 14. The van der Waals surface area contributed by atoms with Crippen LogP contribution in [0, 0.1) is 0 Å². The number of unbranched alkanes of at least 4 members (excludes halogenated alkanes) is 25. The summed E-state index contributed by atoms with van der Waals surface area (Å²) in [7, 11) is 0. The van der Waals surface area contributed by atoms with Gasteiger partial charge < -0.3 is 14.2 Å². The monoisotopic (exact) mass is 891 g/mol. The molecule has 64 heavy (non-hydrogen) atoms. The van der Waals surface area contributed by atoms with Gasteiger partial charge in [-0.1, -0.05) is 215 Å². The summed E-state index contributed by atoms with van der Waals surface area (Å²) in [5, 5.41) is 0. The summed E-state index contributed by atoms with van der Waals surface area (Å²) >= 11 is 0. The highest BCUT2D eigenvalue weighted by Crippen LogP contribution is 2.14. The van der Waals surface area contributed by atoms with Gasteiger partial charge in [-0.15, -0.1) is 0 Å². The van der Waals surface area contributed by atoms with Gasteiger partial charge in [0.1, 0.15) is 13.2 Å². The predicted octanol–water partition coefficient (Wildman–Crippen LogP) is 17.6. The van der Waals surface area contributed by atoms with Gasteiger partial charge in [0.05, 0.1) is 0 Å². The summed E-state index contributed by atoms with van der Waals surface area (Å²) in [5.74, 6) is -0.940. The summed E-state index contributed by atoms with van der Waals surface area (Å²) in [6, 6.07) is 0. The van der Waals surface area contributed by atoms with Gasteiger partial charge in [-0.2, -0.15) is 0 Å². The second kappa shape index (κ2) is 52.2. The van der Waals surface area contributed by atoms with Gasteiger partial charge in [-0.3, -0.25) is 14.4 Å². The third-order valence-electron chi connectivity index (χ3n) is 11.2. The van der Waals surface area contributed by atoms with Crippen LogP contribution in [0.3, 0.4) is 0 Å². The summed E-state index contributed by atoms with van der Waals surface area (Å²) in [4.78, 5) is 38.0. The Morgan fingerprint density at radius 1 is 0.344 bits per heavy atom. The van der Waals surface area contributed by atoms with Gasteiger partial charge in [-0.05, 0) is 96.3 Å². The minimum absolute atomic E-state index is 0.0957. The van der Waals surface area contributed by atoms with Gasteiger partial charge in [0.25, 0.3) is 0 Å². The van der Waals surface area contributed by atoms with Crippen LogP contribution < -0.4 is 0 Å². The number of hydrogen-bond acceptors (Lipinski definition) is 6. The van der Waals surface area contributed by atoms with Crippen molar-refractivity contribution in [2.45, 2.75) is 252 Å². The van der Waals surface area contributed by atoms with Gasteiger partial charge >= 0.3 is 17.9 Å². The fourth-order valence-corrected chi connectivity index (χ4v) is 7.19. The predicted molar refractivity (Wildman–Crippen MR) is 274 cm³/mol. The topological polar surface area (TPSA) is 78.9 Å². The van der Waals surface area contributed by atoms with Crippen molar-refractivity contribution in [2.75, 3.05) is 13.2 Å². The SMILES string of the molecule is CC/C=C\C/C=C\CCCCCCCC(=O)OCC(COC(=O)CCCCCCC\C=C/C=C\C=C/C=C\CCCCC)OC(=O)CCCCCCC/C=C\CCCCCCCCC. The molecule has 366 valence electrons. The van der Waals surface area contributed by atoms with E-state index in [4.69, 9.17) is 14.2 Å². The lowest BCUT2D eigenvalue weighted by Crippen LogP contribution is -2.30. The lowest BCUT2D eigenvalue weighted by atomic mass is 10.1. The third kappa shape index (κ3) is 49.6. The van der Waals surface area contributed by atoms with Crippen LogP contribution in [0.5, 0.6) is 0 Å². The second-order valence-electron chi connectivity index (χ2n) is 17.5. The zero-order valence-corrected chi connectivity index (χ0v) is 41.8. The second-order valence-corrected chi connectivity index (χ2v) is 17.5. The van der Waals surface area contributed by atoms with Crippen LogP contribution in [-0.2, 0) is 28.6 Å². The van der Waals surface area contributed by atoms with Crippen LogP contribution in [0.2, 0.25) is 0 Å². The number of carbonyl (C=O) groups excluding carboxylic acids is 3. The summed E-state index contributed by atoms with van der Waals surface area (Å²) in [6.45, 7) is 6.45. The number of esters is 3. The van der Waals surface area contributed by atoms with Crippen LogP contribution in [-0.4, -0.2) is 37.2 Å². The van der Waals surface area contributed by atoms with Crippen molar-refractivity contribution in [3.8, 4) is 0 Å². The van der Waals surface area contributed by atoms with Gasteiger partial charge in [0, 0.05) is 19.3 Å². The number of rotatable bonds is 47. The molecule has 0 aliphatic heterocycles. The van der Waals surface area contributed by atoms with Crippen molar-refractivity contribution in [1.29, 1.82) is 0 Å². The maximum atomic E-state index is 12.8. The maximum Gasteiger partial charge on any atom is 0.306 e. The Labute approximate surface area is 395 Å². The van der Waals surface area contributed by atoms with Gasteiger partial charge in [-0.25, -0.2) is 0 Å². The molecular formula is C58H98O6. The van der Waals surface area contributed by atoms with Crippen molar-refractivity contribution in [3.05, 3.63) is 85.1 Å². The highest BCUT2D eigenvalue weighted by molar-refractivity contribution is 5.71.